The summed E-state index contributed by atoms with van der Waals surface area (Å²) >= 11 is 5.99. The highest BCUT2D eigenvalue weighted by molar-refractivity contribution is 6.31. The molecule has 1 fully saturated rings. The molecule has 1 heterocycles. The molecule has 5 nitrogen and oxygen atoms in total. The van der Waals surface area contributed by atoms with Crippen molar-refractivity contribution in [3.05, 3.63) is 46.7 Å². The molecule has 1 aromatic carbocycles. The van der Waals surface area contributed by atoms with Crippen molar-refractivity contribution < 1.29 is 9.53 Å². The maximum atomic E-state index is 12.1. The number of nitrogens with one attached hydrogen (secondary N) is 1. The fraction of sp³-hybridized carbons (Fsp3) is 0.412. The molecule has 2 aromatic rings. The van der Waals surface area contributed by atoms with Crippen LogP contribution in [0.25, 0.3) is 0 Å². The van der Waals surface area contributed by atoms with Crippen LogP contribution in [0.15, 0.2) is 30.5 Å². The average molecular weight is 334 g/mol. The highest BCUT2D eigenvalue weighted by Crippen LogP contribution is 2.21. The fourth-order valence-electron chi connectivity index (χ4n) is 2.73. The van der Waals surface area contributed by atoms with Gasteiger partial charge in [-0.25, -0.2) is 4.68 Å². The lowest BCUT2D eigenvalue weighted by molar-refractivity contribution is 0.0930. The molecule has 1 amide bonds. The number of benzene rings is 1. The third kappa shape index (κ3) is 4.05. The number of nitrogens with zero attached hydrogens (tertiary/aromatic N) is 2. The Labute approximate surface area is 140 Å². The Morgan fingerprint density at radius 3 is 2.91 bits per heavy atom. The zero-order valence-corrected chi connectivity index (χ0v) is 13.8. The molecule has 0 unspecified atom stereocenters. The number of hydrogen-bond acceptors (Lipinski definition) is 3. The molecule has 23 heavy (non-hydrogen) atoms. The molecule has 1 aliphatic rings. The normalized spacial score (nSPS) is 14.9. The van der Waals surface area contributed by atoms with Gasteiger partial charge in [-0.3, -0.25) is 4.79 Å². The summed E-state index contributed by atoms with van der Waals surface area (Å²) in [6, 6.07) is 7.49. The molecular formula is C17H20ClN3O2. The molecule has 3 rings (SSSR count). The van der Waals surface area contributed by atoms with Crippen molar-refractivity contribution in [2.75, 3.05) is 0 Å². The predicted octanol–water partition coefficient (Wildman–Crippen LogP) is 3.55. The number of carbonyl (C=O) groups excluding carboxylic acids is 1. The number of amides is 1. The van der Waals surface area contributed by atoms with Crippen LogP contribution in [0.4, 0.5) is 0 Å². The lowest BCUT2D eigenvalue weighted by atomic mass is 10.2. The smallest absolute Gasteiger partial charge is 0.271 e. The molecular weight excluding hydrogens is 314 g/mol. The van der Waals surface area contributed by atoms with E-state index in [-0.39, 0.29) is 12.6 Å². The van der Waals surface area contributed by atoms with Crippen LogP contribution in [-0.2, 0) is 6.73 Å². The summed E-state index contributed by atoms with van der Waals surface area (Å²) in [7, 11) is 0. The van der Waals surface area contributed by atoms with E-state index in [1.807, 2.05) is 19.1 Å². The van der Waals surface area contributed by atoms with Crippen LogP contribution >= 0.6 is 11.6 Å². The van der Waals surface area contributed by atoms with E-state index in [2.05, 4.69) is 10.4 Å². The van der Waals surface area contributed by atoms with E-state index in [1.165, 1.54) is 12.8 Å². The van der Waals surface area contributed by atoms with Gasteiger partial charge < -0.3 is 10.1 Å². The number of halogens is 1. The monoisotopic (exact) mass is 333 g/mol. The van der Waals surface area contributed by atoms with Crippen molar-refractivity contribution in [2.24, 2.45) is 0 Å². The number of carbonyl (C=O) groups is 1. The number of aromatic nitrogens is 2. The maximum absolute atomic E-state index is 12.1. The number of ether oxygens (including phenoxy) is 1. The van der Waals surface area contributed by atoms with Gasteiger partial charge in [-0.2, -0.15) is 5.10 Å². The lowest BCUT2D eigenvalue weighted by Gasteiger charge is -2.10. The zero-order valence-electron chi connectivity index (χ0n) is 13.1. The van der Waals surface area contributed by atoms with Crippen LogP contribution < -0.4 is 10.1 Å². The summed E-state index contributed by atoms with van der Waals surface area (Å²) in [6.45, 7) is 2.17. The second-order valence-electron chi connectivity index (χ2n) is 5.88. The summed E-state index contributed by atoms with van der Waals surface area (Å²) in [5.41, 5.74) is 1.38. The summed E-state index contributed by atoms with van der Waals surface area (Å²) in [5, 5.41) is 8.00. The van der Waals surface area contributed by atoms with Crippen LogP contribution in [-0.4, -0.2) is 21.7 Å². The van der Waals surface area contributed by atoms with Gasteiger partial charge in [0.1, 0.15) is 11.4 Å². The molecule has 1 aromatic heterocycles. The van der Waals surface area contributed by atoms with Gasteiger partial charge in [0, 0.05) is 17.3 Å². The second kappa shape index (κ2) is 7.04. The van der Waals surface area contributed by atoms with Gasteiger partial charge >= 0.3 is 0 Å². The Bertz CT molecular complexity index is 693. The van der Waals surface area contributed by atoms with E-state index in [1.54, 1.807) is 23.0 Å². The molecule has 1 aliphatic carbocycles. The van der Waals surface area contributed by atoms with E-state index in [9.17, 15) is 4.79 Å². The van der Waals surface area contributed by atoms with Gasteiger partial charge in [-0.05, 0) is 49.6 Å². The summed E-state index contributed by atoms with van der Waals surface area (Å²) in [6.07, 6.45) is 6.24. The topological polar surface area (TPSA) is 56.1 Å². The van der Waals surface area contributed by atoms with Crippen LogP contribution in [0, 0.1) is 6.92 Å². The Kier molecular flexibility index (Phi) is 4.86. The van der Waals surface area contributed by atoms with E-state index in [0.29, 0.717) is 16.8 Å². The Morgan fingerprint density at radius 2 is 2.17 bits per heavy atom. The fourth-order valence-corrected chi connectivity index (χ4v) is 2.85. The first-order chi connectivity index (χ1) is 11.1. The van der Waals surface area contributed by atoms with Crippen molar-refractivity contribution >= 4 is 17.5 Å². The first-order valence-electron chi connectivity index (χ1n) is 7.85. The minimum absolute atomic E-state index is 0.113. The van der Waals surface area contributed by atoms with Crippen molar-refractivity contribution in [2.45, 2.75) is 45.4 Å². The van der Waals surface area contributed by atoms with Gasteiger partial charge in [-0.1, -0.05) is 24.4 Å². The molecule has 0 radical (unpaired) electrons. The minimum atomic E-state index is -0.113. The molecule has 1 N–H and O–H groups in total. The summed E-state index contributed by atoms with van der Waals surface area (Å²) in [4.78, 5) is 12.1. The third-order valence-electron chi connectivity index (χ3n) is 4.06. The standard InChI is InChI=1S/C17H20ClN3O2/c1-12-10-14(6-7-15(12)18)23-11-21-9-8-16(20-21)17(22)19-13-4-2-3-5-13/h6-10,13H,2-5,11H2,1H3,(H,19,22). The first-order valence-corrected chi connectivity index (χ1v) is 8.23. The van der Waals surface area contributed by atoms with Crippen LogP contribution in [0.3, 0.4) is 0 Å². The highest BCUT2D eigenvalue weighted by atomic mass is 35.5. The van der Waals surface area contributed by atoms with E-state index < -0.39 is 0 Å². The van der Waals surface area contributed by atoms with Gasteiger partial charge in [0.2, 0.25) is 0 Å². The van der Waals surface area contributed by atoms with Crippen molar-refractivity contribution in [3.8, 4) is 5.75 Å². The number of aryl methyl sites for hydroxylation is 1. The van der Waals surface area contributed by atoms with Crippen molar-refractivity contribution in [3.63, 3.8) is 0 Å². The van der Waals surface area contributed by atoms with E-state index in [0.717, 1.165) is 24.2 Å². The maximum Gasteiger partial charge on any atom is 0.271 e. The SMILES string of the molecule is Cc1cc(OCn2ccc(C(=O)NC3CCCC3)n2)ccc1Cl. The van der Waals surface area contributed by atoms with Crippen LogP contribution in [0.1, 0.15) is 41.7 Å². The van der Waals surface area contributed by atoms with E-state index in [4.69, 9.17) is 16.3 Å². The predicted molar refractivity (Wildman–Crippen MR) is 88.8 cm³/mol. The van der Waals surface area contributed by atoms with Gasteiger partial charge in [0.15, 0.2) is 6.73 Å². The molecule has 6 heteroatoms. The number of hydrogen-bond donors (Lipinski definition) is 1. The average Bonchev–Trinajstić information content (AvgIpc) is 3.20. The highest BCUT2D eigenvalue weighted by Gasteiger charge is 2.19. The number of rotatable bonds is 5. The largest absolute Gasteiger partial charge is 0.471 e. The van der Waals surface area contributed by atoms with Crippen molar-refractivity contribution in [1.82, 2.24) is 15.1 Å². The van der Waals surface area contributed by atoms with Gasteiger partial charge in [-0.15, -0.1) is 0 Å². The summed E-state index contributed by atoms with van der Waals surface area (Å²) in [5.74, 6) is 0.609. The molecule has 0 spiro atoms. The molecule has 0 aliphatic heterocycles. The van der Waals surface area contributed by atoms with Gasteiger partial charge in [0.05, 0.1) is 0 Å². The third-order valence-corrected chi connectivity index (χ3v) is 4.48. The molecule has 0 atom stereocenters. The minimum Gasteiger partial charge on any atom is -0.471 e. The van der Waals surface area contributed by atoms with Gasteiger partial charge in [0.25, 0.3) is 5.91 Å². The molecule has 1 saturated carbocycles. The van der Waals surface area contributed by atoms with E-state index >= 15 is 0 Å². The molecule has 0 saturated heterocycles. The Morgan fingerprint density at radius 1 is 1.39 bits per heavy atom. The van der Waals surface area contributed by atoms with Crippen LogP contribution in [0.2, 0.25) is 5.02 Å². The zero-order chi connectivity index (χ0) is 16.2. The lowest BCUT2D eigenvalue weighted by Crippen LogP contribution is -2.32. The quantitative estimate of drug-likeness (QED) is 0.910. The second-order valence-corrected chi connectivity index (χ2v) is 6.29. The Balaban J connectivity index is 1.56. The van der Waals surface area contributed by atoms with Crippen LogP contribution in [0.5, 0.6) is 5.75 Å². The first kappa shape index (κ1) is 15.9. The summed E-state index contributed by atoms with van der Waals surface area (Å²) < 4.78 is 7.27. The van der Waals surface area contributed by atoms with Crippen molar-refractivity contribution in [1.29, 1.82) is 0 Å². The molecule has 0 bridgehead atoms. The Hall–Kier alpha value is -2.01. The molecule has 122 valence electrons.